The molecule has 4 rings (SSSR count). The second-order valence-corrected chi connectivity index (χ2v) is 8.69. The molecule has 4 aromatic rings. The van der Waals surface area contributed by atoms with E-state index in [2.05, 4.69) is 20.1 Å². The van der Waals surface area contributed by atoms with Gasteiger partial charge in [0.1, 0.15) is 11.4 Å². The lowest BCUT2D eigenvalue weighted by atomic mass is 10.3. The van der Waals surface area contributed by atoms with Gasteiger partial charge < -0.3 is 4.57 Å². The SMILES string of the molecule is CCS(=O)(=O)c1cc(-n2cccn2)cnc1-c1nc2cc(C(F)(F)F)ncc2n1C. The minimum Gasteiger partial charge on any atom is -0.324 e. The van der Waals surface area contributed by atoms with E-state index in [0.29, 0.717) is 11.2 Å². The van der Waals surface area contributed by atoms with Crippen molar-refractivity contribution in [3.63, 3.8) is 0 Å². The van der Waals surface area contributed by atoms with E-state index >= 15 is 0 Å². The molecule has 0 saturated heterocycles. The second-order valence-electron chi connectivity index (χ2n) is 6.44. The number of fused-ring (bicyclic) bond motifs is 1. The summed E-state index contributed by atoms with van der Waals surface area (Å²) in [4.78, 5) is 11.9. The number of alkyl halides is 3. The fourth-order valence-corrected chi connectivity index (χ4v) is 4.05. The van der Waals surface area contributed by atoms with Crippen molar-refractivity contribution in [1.29, 1.82) is 0 Å². The van der Waals surface area contributed by atoms with Crippen molar-refractivity contribution in [3.05, 3.63) is 48.7 Å². The van der Waals surface area contributed by atoms with Crippen molar-refractivity contribution in [1.82, 2.24) is 29.3 Å². The molecule has 12 heteroatoms. The number of hydrogen-bond donors (Lipinski definition) is 0. The number of hydrogen-bond acceptors (Lipinski definition) is 6. The zero-order valence-corrected chi connectivity index (χ0v) is 16.6. The Kier molecular flexibility index (Phi) is 4.60. The molecule has 30 heavy (non-hydrogen) atoms. The Morgan fingerprint density at radius 1 is 1.13 bits per heavy atom. The monoisotopic (exact) mass is 436 g/mol. The molecule has 0 fully saturated rings. The van der Waals surface area contributed by atoms with Crippen LogP contribution in [0.5, 0.6) is 0 Å². The molecule has 0 unspecified atom stereocenters. The molecule has 0 atom stereocenters. The van der Waals surface area contributed by atoms with Crippen LogP contribution in [0, 0.1) is 0 Å². The fourth-order valence-electron chi connectivity index (χ4n) is 3.00. The van der Waals surface area contributed by atoms with Crippen molar-refractivity contribution in [2.75, 3.05) is 5.75 Å². The minimum absolute atomic E-state index is 0.0348. The Morgan fingerprint density at radius 2 is 1.90 bits per heavy atom. The largest absolute Gasteiger partial charge is 0.433 e. The summed E-state index contributed by atoms with van der Waals surface area (Å²) in [7, 11) is -2.17. The third-order valence-corrected chi connectivity index (χ3v) is 6.33. The summed E-state index contributed by atoms with van der Waals surface area (Å²) in [6, 6.07) is 3.93. The molecule has 0 saturated carbocycles. The number of aryl methyl sites for hydroxylation is 1. The third kappa shape index (κ3) is 3.32. The van der Waals surface area contributed by atoms with E-state index in [1.807, 2.05) is 0 Å². The maximum Gasteiger partial charge on any atom is 0.433 e. The van der Waals surface area contributed by atoms with Gasteiger partial charge in [0, 0.05) is 19.4 Å². The molecule has 4 aromatic heterocycles. The summed E-state index contributed by atoms with van der Waals surface area (Å²) in [5.41, 5.74) is -0.262. The molecule has 0 aliphatic carbocycles. The number of nitrogens with zero attached hydrogens (tertiary/aromatic N) is 6. The van der Waals surface area contributed by atoms with Crippen molar-refractivity contribution < 1.29 is 21.6 Å². The summed E-state index contributed by atoms with van der Waals surface area (Å²) in [5, 5.41) is 4.07. The molecule has 0 aromatic carbocycles. The van der Waals surface area contributed by atoms with Crippen LogP contribution in [-0.4, -0.2) is 43.5 Å². The Labute approximate surface area is 168 Å². The van der Waals surface area contributed by atoms with Gasteiger partial charge in [0.05, 0.1) is 39.8 Å². The quantitative estimate of drug-likeness (QED) is 0.488. The van der Waals surface area contributed by atoms with Crippen LogP contribution in [0.3, 0.4) is 0 Å². The summed E-state index contributed by atoms with van der Waals surface area (Å²) in [6.07, 6.45) is 1.04. The third-order valence-electron chi connectivity index (χ3n) is 4.59. The van der Waals surface area contributed by atoms with E-state index in [0.717, 1.165) is 12.3 Å². The number of rotatable bonds is 4. The van der Waals surface area contributed by atoms with Crippen molar-refractivity contribution in [2.24, 2.45) is 7.05 Å². The van der Waals surface area contributed by atoms with Gasteiger partial charge in [-0.2, -0.15) is 18.3 Å². The average Bonchev–Trinajstić information content (AvgIpc) is 3.35. The van der Waals surface area contributed by atoms with Gasteiger partial charge in [0.15, 0.2) is 15.7 Å². The lowest BCUT2D eigenvalue weighted by molar-refractivity contribution is -0.141. The Hall–Kier alpha value is -3.28. The van der Waals surface area contributed by atoms with E-state index in [9.17, 15) is 21.6 Å². The average molecular weight is 436 g/mol. The molecule has 0 spiro atoms. The maximum absolute atomic E-state index is 13.0. The van der Waals surface area contributed by atoms with E-state index in [1.54, 1.807) is 25.5 Å². The molecule has 0 N–H and O–H groups in total. The summed E-state index contributed by atoms with van der Waals surface area (Å²) < 4.78 is 67.4. The highest BCUT2D eigenvalue weighted by Crippen LogP contribution is 2.32. The molecular formula is C18H15F3N6O2S. The van der Waals surface area contributed by atoms with Crippen molar-refractivity contribution >= 4 is 20.9 Å². The highest BCUT2D eigenvalue weighted by atomic mass is 32.2. The second kappa shape index (κ2) is 6.90. The van der Waals surface area contributed by atoms with Crippen LogP contribution in [0.2, 0.25) is 0 Å². The van der Waals surface area contributed by atoms with Gasteiger partial charge in [-0.15, -0.1) is 0 Å². The summed E-state index contributed by atoms with van der Waals surface area (Å²) >= 11 is 0. The van der Waals surface area contributed by atoms with E-state index < -0.39 is 21.7 Å². The first-order valence-electron chi connectivity index (χ1n) is 8.74. The van der Waals surface area contributed by atoms with Crippen LogP contribution in [0.15, 0.2) is 47.9 Å². The van der Waals surface area contributed by atoms with Gasteiger partial charge in [-0.3, -0.25) is 0 Å². The van der Waals surface area contributed by atoms with Crippen molar-refractivity contribution in [3.8, 4) is 17.2 Å². The fraction of sp³-hybridized carbons (Fsp3) is 0.222. The van der Waals surface area contributed by atoms with Crippen LogP contribution >= 0.6 is 0 Å². The first kappa shape index (κ1) is 20.0. The highest BCUT2D eigenvalue weighted by Gasteiger charge is 2.33. The Bertz CT molecular complexity index is 1340. The van der Waals surface area contributed by atoms with Gasteiger partial charge in [0.2, 0.25) is 0 Å². The zero-order chi connectivity index (χ0) is 21.7. The molecule has 0 bridgehead atoms. The normalized spacial score (nSPS) is 12.6. The molecule has 0 radical (unpaired) electrons. The molecule has 0 aliphatic heterocycles. The van der Waals surface area contributed by atoms with Gasteiger partial charge in [0.25, 0.3) is 0 Å². The molecule has 156 valence electrons. The lowest BCUT2D eigenvalue weighted by Gasteiger charge is -2.11. The molecule has 0 aliphatic rings. The predicted octanol–water partition coefficient (Wildman–Crippen LogP) is 3.03. The maximum atomic E-state index is 13.0. The highest BCUT2D eigenvalue weighted by molar-refractivity contribution is 7.91. The summed E-state index contributed by atoms with van der Waals surface area (Å²) in [5.74, 6) is -0.0707. The standard InChI is InChI=1S/C18H15F3N6O2S/c1-3-30(28,29)14-7-11(27-6-4-5-24-27)9-23-16(14)17-25-12-8-15(18(19,20)21)22-10-13(12)26(17)2/h4-10H,3H2,1-2H3. The molecule has 0 amide bonds. The zero-order valence-electron chi connectivity index (χ0n) is 15.8. The number of aromatic nitrogens is 6. The predicted molar refractivity (Wildman–Crippen MR) is 102 cm³/mol. The minimum atomic E-state index is -4.62. The van der Waals surface area contributed by atoms with E-state index in [-0.39, 0.29) is 27.7 Å². The lowest BCUT2D eigenvalue weighted by Crippen LogP contribution is -2.10. The van der Waals surface area contributed by atoms with Gasteiger partial charge in [-0.1, -0.05) is 6.92 Å². The topological polar surface area (TPSA) is 95.6 Å². The van der Waals surface area contributed by atoms with Crippen LogP contribution in [-0.2, 0) is 23.1 Å². The molecular weight excluding hydrogens is 421 g/mol. The van der Waals surface area contributed by atoms with E-state index in [4.69, 9.17) is 0 Å². The number of pyridine rings is 2. The molecule has 4 heterocycles. The van der Waals surface area contributed by atoms with Crippen LogP contribution in [0.4, 0.5) is 13.2 Å². The first-order valence-corrected chi connectivity index (χ1v) is 10.4. The van der Waals surface area contributed by atoms with E-state index in [1.165, 1.54) is 28.4 Å². The first-order chi connectivity index (χ1) is 14.1. The number of halogens is 3. The van der Waals surface area contributed by atoms with Gasteiger partial charge >= 0.3 is 6.18 Å². The van der Waals surface area contributed by atoms with Crippen molar-refractivity contribution in [2.45, 2.75) is 18.0 Å². The Balaban J connectivity index is 1.95. The number of imidazole rings is 1. The summed E-state index contributed by atoms with van der Waals surface area (Å²) in [6.45, 7) is 1.49. The Morgan fingerprint density at radius 3 is 2.53 bits per heavy atom. The smallest absolute Gasteiger partial charge is 0.324 e. The van der Waals surface area contributed by atoms with Crippen LogP contribution < -0.4 is 0 Å². The van der Waals surface area contributed by atoms with Crippen LogP contribution in [0.25, 0.3) is 28.2 Å². The van der Waals surface area contributed by atoms with Crippen LogP contribution in [0.1, 0.15) is 12.6 Å². The van der Waals surface area contributed by atoms with Gasteiger partial charge in [-0.05, 0) is 18.2 Å². The number of sulfone groups is 1. The molecule has 8 nitrogen and oxygen atoms in total. The van der Waals surface area contributed by atoms with Gasteiger partial charge in [-0.25, -0.2) is 28.1 Å².